The number of hydrogen-bond acceptors (Lipinski definition) is 3. The summed E-state index contributed by atoms with van der Waals surface area (Å²) < 4.78 is 0. The van der Waals surface area contributed by atoms with Crippen molar-refractivity contribution in [3.8, 4) is 0 Å². The van der Waals surface area contributed by atoms with Crippen molar-refractivity contribution >= 4 is 28.4 Å². The predicted molar refractivity (Wildman–Crippen MR) is 115 cm³/mol. The number of hydrogen-bond donors (Lipinski definition) is 3. The molecule has 0 radical (unpaired) electrons. The number of rotatable bonds is 2. The van der Waals surface area contributed by atoms with E-state index in [1.54, 1.807) is 0 Å². The molecule has 6 rings (SSSR count). The number of H-pyrrole nitrogens is 1. The number of amides is 2. The molecule has 1 spiro atoms. The topological polar surface area (TPSA) is 77.2 Å². The average Bonchev–Trinajstić information content (AvgIpc) is 3.44. The van der Waals surface area contributed by atoms with E-state index >= 15 is 0 Å². The second-order valence-electron chi connectivity index (χ2n) is 8.84. The first-order valence-corrected chi connectivity index (χ1v) is 10.7. The van der Waals surface area contributed by atoms with Crippen LogP contribution in [0.15, 0.2) is 54.7 Å². The third kappa shape index (κ3) is 2.56. The Morgan fingerprint density at radius 1 is 1.07 bits per heavy atom. The minimum absolute atomic E-state index is 0.0198. The van der Waals surface area contributed by atoms with Crippen molar-refractivity contribution in [2.75, 3.05) is 18.4 Å². The molecular formula is C24H24N4O2. The predicted octanol–water partition coefficient (Wildman–Crippen LogP) is 3.13. The standard InChI is InChI=1S/C24H24N4O2/c29-22(11-16-12-25-20-7-3-1-5-17(16)20)28-13-15-9-10-24(19(15)14-28)26-21-8-4-2-6-18(21)23(30)27-24/h1-8,12,15,19,25-26H,9-11,13-14H2,(H,27,30)/t15-,19+,24+/m1/s1. The van der Waals surface area contributed by atoms with Crippen molar-refractivity contribution in [1.29, 1.82) is 0 Å². The number of carbonyl (C=O) groups is 2. The van der Waals surface area contributed by atoms with E-state index in [1.165, 1.54) is 0 Å². The first-order valence-electron chi connectivity index (χ1n) is 10.7. The molecule has 1 saturated carbocycles. The van der Waals surface area contributed by atoms with E-state index in [-0.39, 0.29) is 17.7 Å². The van der Waals surface area contributed by atoms with Gasteiger partial charge in [-0.2, -0.15) is 0 Å². The van der Waals surface area contributed by atoms with Gasteiger partial charge >= 0.3 is 0 Å². The zero-order chi connectivity index (χ0) is 20.3. The van der Waals surface area contributed by atoms with Gasteiger partial charge in [-0.05, 0) is 42.5 Å². The molecule has 1 aliphatic carbocycles. The molecule has 3 aliphatic rings. The van der Waals surface area contributed by atoms with Crippen LogP contribution in [0, 0.1) is 11.8 Å². The van der Waals surface area contributed by atoms with Gasteiger partial charge in [0.1, 0.15) is 5.66 Å². The van der Waals surface area contributed by atoms with Gasteiger partial charge in [-0.15, -0.1) is 0 Å². The second-order valence-corrected chi connectivity index (χ2v) is 8.84. The maximum atomic E-state index is 13.1. The lowest BCUT2D eigenvalue weighted by atomic mass is 9.89. The molecule has 0 unspecified atom stereocenters. The van der Waals surface area contributed by atoms with Crippen LogP contribution in [0.3, 0.4) is 0 Å². The fourth-order valence-electron chi connectivity index (χ4n) is 5.72. The summed E-state index contributed by atoms with van der Waals surface area (Å²) >= 11 is 0. The fraction of sp³-hybridized carbons (Fsp3) is 0.333. The summed E-state index contributed by atoms with van der Waals surface area (Å²) in [4.78, 5) is 31.1. The highest BCUT2D eigenvalue weighted by Gasteiger charge is 2.55. The smallest absolute Gasteiger partial charge is 0.255 e. The van der Waals surface area contributed by atoms with Crippen LogP contribution in [0.5, 0.6) is 0 Å². The maximum Gasteiger partial charge on any atom is 0.255 e. The number of fused-ring (bicyclic) bond motifs is 4. The number of aromatic amines is 1. The molecule has 3 aromatic rings. The number of benzene rings is 2. The lowest BCUT2D eigenvalue weighted by Crippen LogP contribution is -2.61. The SMILES string of the molecule is O=C1N[C@]2(CC[C@@H]3CN(C(=O)Cc4c[nH]c5ccccc45)C[C@@H]32)Nc2ccccc21. The summed E-state index contributed by atoms with van der Waals surface area (Å²) in [5.41, 5.74) is 3.24. The monoisotopic (exact) mass is 400 g/mol. The molecule has 6 nitrogen and oxygen atoms in total. The molecule has 6 heteroatoms. The average molecular weight is 400 g/mol. The Morgan fingerprint density at radius 2 is 1.90 bits per heavy atom. The number of aromatic nitrogens is 1. The minimum atomic E-state index is -0.452. The first-order chi connectivity index (χ1) is 14.6. The Bertz CT molecular complexity index is 1170. The van der Waals surface area contributed by atoms with Gasteiger partial charge in [-0.3, -0.25) is 9.59 Å². The number of likely N-dealkylation sites (tertiary alicyclic amines) is 1. The van der Waals surface area contributed by atoms with E-state index in [0.29, 0.717) is 24.4 Å². The van der Waals surface area contributed by atoms with Gasteiger partial charge in [0.2, 0.25) is 5.91 Å². The third-order valence-corrected chi connectivity index (χ3v) is 7.22. The Labute approximate surface area is 174 Å². The molecule has 30 heavy (non-hydrogen) atoms. The first kappa shape index (κ1) is 17.6. The molecule has 1 aromatic heterocycles. The molecule has 3 N–H and O–H groups in total. The van der Waals surface area contributed by atoms with Crippen LogP contribution in [0.25, 0.3) is 10.9 Å². The minimum Gasteiger partial charge on any atom is -0.362 e. The highest BCUT2D eigenvalue weighted by molar-refractivity contribution is 6.02. The Morgan fingerprint density at radius 3 is 2.83 bits per heavy atom. The number of anilines is 1. The number of carbonyl (C=O) groups excluding carboxylic acids is 2. The molecule has 2 aromatic carbocycles. The summed E-state index contributed by atoms with van der Waals surface area (Å²) in [7, 11) is 0. The van der Waals surface area contributed by atoms with E-state index in [0.717, 1.165) is 41.5 Å². The van der Waals surface area contributed by atoms with Crippen LogP contribution in [0.4, 0.5) is 5.69 Å². The molecule has 2 amide bonds. The summed E-state index contributed by atoms with van der Waals surface area (Å²) in [6.45, 7) is 1.45. The van der Waals surface area contributed by atoms with Crippen molar-refractivity contribution in [3.63, 3.8) is 0 Å². The Balaban J connectivity index is 1.22. The summed E-state index contributed by atoms with van der Waals surface area (Å²) in [6.07, 6.45) is 4.25. The zero-order valence-corrected chi connectivity index (χ0v) is 16.7. The lowest BCUT2D eigenvalue weighted by Gasteiger charge is -2.42. The van der Waals surface area contributed by atoms with Gasteiger partial charge in [0.25, 0.3) is 5.91 Å². The fourth-order valence-corrected chi connectivity index (χ4v) is 5.72. The van der Waals surface area contributed by atoms with E-state index in [2.05, 4.69) is 21.7 Å². The molecule has 3 heterocycles. The molecular weight excluding hydrogens is 376 g/mol. The van der Waals surface area contributed by atoms with Gasteiger partial charge in [0.15, 0.2) is 0 Å². The van der Waals surface area contributed by atoms with Crippen molar-refractivity contribution in [2.24, 2.45) is 11.8 Å². The summed E-state index contributed by atoms with van der Waals surface area (Å²) in [5, 5.41) is 7.99. The van der Waals surface area contributed by atoms with Gasteiger partial charge in [-0.1, -0.05) is 30.3 Å². The van der Waals surface area contributed by atoms with Crippen molar-refractivity contribution in [2.45, 2.75) is 24.9 Å². The van der Waals surface area contributed by atoms with Crippen molar-refractivity contribution in [1.82, 2.24) is 15.2 Å². The second kappa shape index (κ2) is 6.36. The Kier molecular flexibility index (Phi) is 3.72. The molecule has 2 aliphatic heterocycles. The van der Waals surface area contributed by atoms with E-state index in [9.17, 15) is 9.59 Å². The number of nitrogens with zero attached hydrogens (tertiary/aromatic N) is 1. The molecule has 1 saturated heterocycles. The number of para-hydroxylation sites is 2. The summed E-state index contributed by atoms with van der Waals surface area (Å²) in [6, 6.07) is 15.7. The molecule has 0 bridgehead atoms. The zero-order valence-electron chi connectivity index (χ0n) is 16.7. The van der Waals surface area contributed by atoms with Crippen LogP contribution < -0.4 is 10.6 Å². The lowest BCUT2D eigenvalue weighted by molar-refractivity contribution is -0.129. The van der Waals surface area contributed by atoms with Gasteiger partial charge in [0, 0.05) is 41.8 Å². The van der Waals surface area contributed by atoms with E-state index in [1.807, 2.05) is 53.6 Å². The van der Waals surface area contributed by atoms with Gasteiger partial charge in [-0.25, -0.2) is 0 Å². The van der Waals surface area contributed by atoms with Gasteiger partial charge < -0.3 is 20.5 Å². The van der Waals surface area contributed by atoms with Crippen LogP contribution in [-0.2, 0) is 11.2 Å². The molecule has 3 atom stereocenters. The highest BCUT2D eigenvalue weighted by atomic mass is 16.2. The quantitative estimate of drug-likeness (QED) is 0.619. The molecule has 2 fully saturated rings. The number of nitrogens with one attached hydrogen (secondary N) is 3. The largest absolute Gasteiger partial charge is 0.362 e. The third-order valence-electron chi connectivity index (χ3n) is 7.22. The Hall–Kier alpha value is -3.28. The van der Waals surface area contributed by atoms with Crippen LogP contribution in [0.2, 0.25) is 0 Å². The van der Waals surface area contributed by atoms with Gasteiger partial charge in [0.05, 0.1) is 12.0 Å². The van der Waals surface area contributed by atoms with Crippen molar-refractivity contribution in [3.05, 3.63) is 65.9 Å². The maximum absolute atomic E-state index is 13.1. The summed E-state index contributed by atoms with van der Waals surface area (Å²) in [5.74, 6) is 0.775. The van der Waals surface area contributed by atoms with E-state index in [4.69, 9.17) is 0 Å². The highest BCUT2D eigenvalue weighted by Crippen LogP contribution is 2.47. The van der Waals surface area contributed by atoms with Crippen molar-refractivity contribution < 1.29 is 9.59 Å². The van der Waals surface area contributed by atoms with Crippen LogP contribution in [0.1, 0.15) is 28.8 Å². The molecule has 152 valence electrons. The van der Waals surface area contributed by atoms with Crippen LogP contribution in [-0.4, -0.2) is 40.5 Å². The van der Waals surface area contributed by atoms with Crippen LogP contribution >= 0.6 is 0 Å². The van der Waals surface area contributed by atoms with E-state index < -0.39 is 5.66 Å². The normalized spacial score (nSPS) is 27.1.